The Bertz CT molecular complexity index is 986. The van der Waals surface area contributed by atoms with E-state index in [0.717, 1.165) is 29.4 Å². The lowest BCUT2D eigenvalue weighted by molar-refractivity contribution is 0.538. The number of sulfonamides is 1. The van der Waals surface area contributed by atoms with Crippen LogP contribution in [-0.2, 0) is 16.4 Å². The molecule has 0 aliphatic heterocycles. The van der Waals surface area contributed by atoms with Gasteiger partial charge in [-0.05, 0) is 43.9 Å². The summed E-state index contributed by atoms with van der Waals surface area (Å²) in [5.74, 6) is 0. The molecule has 2 heterocycles. The van der Waals surface area contributed by atoms with Crippen molar-refractivity contribution in [3.05, 3.63) is 52.7 Å². The minimum absolute atomic E-state index is 0.212. The van der Waals surface area contributed by atoms with Crippen LogP contribution in [0, 0.1) is 6.92 Å². The standard InChI is InChI=1S/C18H22N4O2S2/c1-13(10-19-8-6-18-14(2)21-12-25-18)22-26(23,24)17-4-3-16-11-20-7-5-15(16)9-17/h3-5,7,9,11-13,19,22H,6,8,10H2,1-2H3. The SMILES string of the molecule is Cc1ncsc1CCNCC(C)NS(=O)(=O)c1ccc2cnccc2c1. The molecule has 1 unspecified atom stereocenters. The third-order valence-corrected chi connectivity index (χ3v) is 6.68. The molecule has 138 valence electrons. The van der Waals surface area contributed by atoms with Crippen LogP contribution in [0.15, 0.2) is 47.1 Å². The summed E-state index contributed by atoms with van der Waals surface area (Å²) >= 11 is 1.65. The summed E-state index contributed by atoms with van der Waals surface area (Å²) in [6.45, 7) is 5.21. The highest BCUT2D eigenvalue weighted by molar-refractivity contribution is 7.89. The molecule has 8 heteroatoms. The summed E-state index contributed by atoms with van der Waals surface area (Å²) in [6, 6.07) is 6.65. The normalized spacial score (nSPS) is 13.2. The fourth-order valence-electron chi connectivity index (χ4n) is 2.69. The van der Waals surface area contributed by atoms with Crippen LogP contribution in [0.3, 0.4) is 0 Å². The Balaban J connectivity index is 1.55. The van der Waals surface area contributed by atoms with Crippen molar-refractivity contribution in [3.63, 3.8) is 0 Å². The van der Waals surface area contributed by atoms with E-state index >= 15 is 0 Å². The maximum Gasteiger partial charge on any atom is 0.240 e. The molecule has 6 nitrogen and oxygen atoms in total. The van der Waals surface area contributed by atoms with Gasteiger partial charge in [-0.3, -0.25) is 4.98 Å². The molecule has 0 fully saturated rings. The summed E-state index contributed by atoms with van der Waals surface area (Å²) in [7, 11) is -3.56. The zero-order valence-corrected chi connectivity index (χ0v) is 16.4. The van der Waals surface area contributed by atoms with E-state index in [0.29, 0.717) is 6.54 Å². The van der Waals surface area contributed by atoms with Gasteiger partial charge in [-0.25, -0.2) is 18.1 Å². The quantitative estimate of drug-likeness (QED) is 0.578. The van der Waals surface area contributed by atoms with Crippen molar-refractivity contribution < 1.29 is 8.42 Å². The van der Waals surface area contributed by atoms with Gasteiger partial charge in [0.1, 0.15) is 0 Å². The fourth-order valence-corrected chi connectivity index (χ4v) is 4.75. The lowest BCUT2D eigenvalue weighted by Crippen LogP contribution is -2.40. The average Bonchev–Trinajstić information content (AvgIpc) is 3.03. The second-order valence-electron chi connectivity index (χ2n) is 6.22. The van der Waals surface area contributed by atoms with Gasteiger partial charge in [0.25, 0.3) is 0 Å². The second kappa shape index (κ2) is 8.22. The first-order chi connectivity index (χ1) is 12.5. The average molecular weight is 391 g/mol. The Hall–Kier alpha value is -1.87. The van der Waals surface area contributed by atoms with Gasteiger partial charge in [-0.15, -0.1) is 11.3 Å². The molecule has 26 heavy (non-hydrogen) atoms. The number of nitrogens with zero attached hydrogens (tertiary/aromatic N) is 2. The van der Waals surface area contributed by atoms with Crippen molar-refractivity contribution in [2.75, 3.05) is 13.1 Å². The highest BCUT2D eigenvalue weighted by atomic mass is 32.2. The van der Waals surface area contributed by atoms with Crippen molar-refractivity contribution in [1.29, 1.82) is 0 Å². The minimum atomic E-state index is -3.56. The molecule has 3 aromatic rings. The lowest BCUT2D eigenvalue weighted by atomic mass is 10.2. The first kappa shape index (κ1) is 18.9. The molecule has 2 N–H and O–H groups in total. The number of benzene rings is 1. The summed E-state index contributed by atoms with van der Waals surface area (Å²) in [5, 5.41) is 5.07. The zero-order valence-electron chi connectivity index (χ0n) is 14.8. The molecule has 0 spiro atoms. The van der Waals surface area contributed by atoms with Crippen molar-refractivity contribution in [3.8, 4) is 0 Å². The number of nitrogens with one attached hydrogen (secondary N) is 2. The molecule has 0 saturated carbocycles. The Kier molecular flexibility index (Phi) is 5.98. The topological polar surface area (TPSA) is 84.0 Å². The zero-order chi connectivity index (χ0) is 18.6. The Morgan fingerprint density at radius 3 is 2.85 bits per heavy atom. The third kappa shape index (κ3) is 4.64. The van der Waals surface area contributed by atoms with Crippen molar-refractivity contribution in [2.45, 2.75) is 31.2 Å². The largest absolute Gasteiger partial charge is 0.315 e. The third-order valence-electron chi connectivity index (χ3n) is 4.10. The molecule has 1 aromatic carbocycles. The van der Waals surface area contributed by atoms with E-state index in [9.17, 15) is 8.42 Å². The summed E-state index contributed by atoms with van der Waals surface area (Å²) in [6.07, 6.45) is 4.27. The van der Waals surface area contributed by atoms with E-state index in [1.54, 1.807) is 48.0 Å². The second-order valence-corrected chi connectivity index (χ2v) is 8.88. The number of aryl methyl sites for hydroxylation is 1. The van der Waals surface area contributed by atoms with Crippen LogP contribution in [0.2, 0.25) is 0 Å². The molecular weight excluding hydrogens is 368 g/mol. The summed E-state index contributed by atoms with van der Waals surface area (Å²) in [5.41, 5.74) is 2.91. The van der Waals surface area contributed by atoms with E-state index in [-0.39, 0.29) is 10.9 Å². The number of pyridine rings is 1. The number of aromatic nitrogens is 2. The fraction of sp³-hybridized carbons (Fsp3) is 0.333. The molecule has 2 aromatic heterocycles. The highest BCUT2D eigenvalue weighted by Crippen LogP contribution is 2.18. The maximum atomic E-state index is 12.6. The molecule has 0 aliphatic rings. The highest BCUT2D eigenvalue weighted by Gasteiger charge is 2.17. The van der Waals surface area contributed by atoms with Crippen LogP contribution in [0.4, 0.5) is 0 Å². The Labute approximate surface area is 157 Å². The number of hydrogen-bond acceptors (Lipinski definition) is 6. The Morgan fingerprint density at radius 2 is 2.08 bits per heavy atom. The van der Waals surface area contributed by atoms with Gasteiger partial charge in [0.15, 0.2) is 0 Å². The van der Waals surface area contributed by atoms with E-state index in [4.69, 9.17) is 0 Å². The van der Waals surface area contributed by atoms with Gasteiger partial charge < -0.3 is 5.32 Å². The van der Waals surface area contributed by atoms with E-state index < -0.39 is 10.0 Å². The lowest BCUT2D eigenvalue weighted by Gasteiger charge is -2.15. The molecule has 0 radical (unpaired) electrons. The number of rotatable bonds is 8. The summed E-state index contributed by atoms with van der Waals surface area (Å²) in [4.78, 5) is 9.80. The molecule has 3 rings (SSSR count). The van der Waals surface area contributed by atoms with Crippen molar-refractivity contribution in [2.24, 2.45) is 0 Å². The number of thiazole rings is 1. The summed E-state index contributed by atoms with van der Waals surface area (Å²) < 4.78 is 27.9. The van der Waals surface area contributed by atoms with Crippen LogP contribution >= 0.6 is 11.3 Å². The van der Waals surface area contributed by atoms with Gasteiger partial charge in [0.2, 0.25) is 10.0 Å². The van der Waals surface area contributed by atoms with Gasteiger partial charge in [-0.2, -0.15) is 0 Å². The maximum absolute atomic E-state index is 12.6. The van der Waals surface area contributed by atoms with Gasteiger partial charge >= 0.3 is 0 Å². The van der Waals surface area contributed by atoms with Crippen LogP contribution in [0.5, 0.6) is 0 Å². The first-order valence-corrected chi connectivity index (χ1v) is 10.8. The first-order valence-electron chi connectivity index (χ1n) is 8.41. The molecule has 0 aliphatic carbocycles. The molecular formula is C18H22N4O2S2. The minimum Gasteiger partial charge on any atom is -0.315 e. The van der Waals surface area contributed by atoms with Gasteiger partial charge in [0.05, 0.1) is 16.1 Å². The van der Waals surface area contributed by atoms with Crippen molar-refractivity contribution in [1.82, 2.24) is 20.0 Å². The van der Waals surface area contributed by atoms with Gasteiger partial charge in [-0.1, -0.05) is 6.07 Å². The Morgan fingerprint density at radius 1 is 1.23 bits per heavy atom. The van der Waals surface area contributed by atoms with E-state index in [2.05, 4.69) is 20.0 Å². The smallest absolute Gasteiger partial charge is 0.240 e. The molecule has 0 bridgehead atoms. The monoisotopic (exact) mass is 390 g/mol. The van der Waals surface area contributed by atoms with Crippen molar-refractivity contribution >= 4 is 32.1 Å². The number of fused-ring (bicyclic) bond motifs is 1. The van der Waals surface area contributed by atoms with Crippen LogP contribution < -0.4 is 10.0 Å². The molecule has 0 saturated heterocycles. The van der Waals surface area contributed by atoms with Crippen LogP contribution in [-0.4, -0.2) is 37.5 Å². The van der Waals surface area contributed by atoms with Crippen LogP contribution in [0.25, 0.3) is 10.8 Å². The molecule has 0 amide bonds. The number of hydrogen-bond donors (Lipinski definition) is 2. The van der Waals surface area contributed by atoms with E-state index in [1.165, 1.54) is 4.88 Å². The molecule has 1 atom stereocenters. The van der Waals surface area contributed by atoms with Crippen LogP contribution in [0.1, 0.15) is 17.5 Å². The van der Waals surface area contributed by atoms with Gasteiger partial charge in [0, 0.05) is 41.8 Å². The van der Waals surface area contributed by atoms with E-state index in [1.807, 2.05) is 19.4 Å². The predicted molar refractivity (Wildman–Crippen MR) is 105 cm³/mol. The predicted octanol–water partition coefficient (Wildman–Crippen LogP) is 2.50.